The van der Waals surface area contributed by atoms with E-state index in [-0.39, 0.29) is 0 Å². The van der Waals surface area contributed by atoms with Crippen molar-refractivity contribution in [2.45, 2.75) is 19.5 Å². The molecule has 17 heavy (non-hydrogen) atoms. The van der Waals surface area contributed by atoms with Crippen molar-refractivity contribution in [2.75, 3.05) is 33.2 Å². The summed E-state index contributed by atoms with van der Waals surface area (Å²) in [6.07, 6.45) is 1.28. The SMILES string of the molecule is CN1CCCN(Cc2ccc(CN)cc2)CC1. The van der Waals surface area contributed by atoms with Gasteiger partial charge in [0.1, 0.15) is 0 Å². The van der Waals surface area contributed by atoms with E-state index in [1.165, 1.54) is 43.7 Å². The summed E-state index contributed by atoms with van der Waals surface area (Å²) in [5.41, 5.74) is 8.21. The first-order valence-corrected chi connectivity index (χ1v) is 6.47. The van der Waals surface area contributed by atoms with Gasteiger partial charge >= 0.3 is 0 Å². The molecule has 2 N–H and O–H groups in total. The van der Waals surface area contributed by atoms with E-state index in [1.54, 1.807) is 0 Å². The van der Waals surface area contributed by atoms with Gasteiger partial charge in [-0.2, -0.15) is 0 Å². The molecule has 0 amide bonds. The van der Waals surface area contributed by atoms with Crippen LogP contribution < -0.4 is 5.73 Å². The molecule has 0 spiro atoms. The van der Waals surface area contributed by atoms with E-state index in [0.717, 1.165) is 6.54 Å². The number of hydrogen-bond acceptors (Lipinski definition) is 3. The van der Waals surface area contributed by atoms with Crippen molar-refractivity contribution in [1.82, 2.24) is 9.80 Å². The summed E-state index contributed by atoms with van der Waals surface area (Å²) in [5, 5.41) is 0. The Hall–Kier alpha value is -0.900. The molecule has 1 fully saturated rings. The molecule has 1 aliphatic rings. The van der Waals surface area contributed by atoms with E-state index >= 15 is 0 Å². The van der Waals surface area contributed by atoms with Crippen LogP contribution in [-0.4, -0.2) is 43.0 Å². The summed E-state index contributed by atoms with van der Waals surface area (Å²) < 4.78 is 0. The van der Waals surface area contributed by atoms with Crippen molar-refractivity contribution in [1.29, 1.82) is 0 Å². The van der Waals surface area contributed by atoms with Gasteiger partial charge in [-0.05, 0) is 37.7 Å². The second kappa shape index (κ2) is 6.15. The summed E-state index contributed by atoms with van der Waals surface area (Å²) >= 11 is 0. The standard InChI is InChI=1S/C14H23N3/c1-16-7-2-8-17(10-9-16)12-14-5-3-13(11-15)4-6-14/h3-6H,2,7-12,15H2,1H3. The van der Waals surface area contributed by atoms with Crippen molar-refractivity contribution < 1.29 is 0 Å². The molecule has 0 unspecified atom stereocenters. The smallest absolute Gasteiger partial charge is 0.0234 e. The van der Waals surface area contributed by atoms with E-state index in [1.807, 2.05) is 0 Å². The van der Waals surface area contributed by atoms with Gasteiger partial charge in [-0.25, -0.2) is 0 Å². The Labute approximate surface area is 104 Å². The molecule has 0 atom stereocenters. The Morgan fingerprint density at radius 3 is 2.41 bits per heavy atom. The van der Waals surface area contributed by atoms with Crippen molar-refractivity contribution in [2.24, 2.45) is 5.73 Å². The first-order chi connectivity index (χ1) is 8.28. The average molecular weight is 233 g/mol. The molecule has 0 aliphatic carbocycles. The van der Waals surface area contributed by atoms with Crippen molar-refractivity contribution in [3.8, 4) is 0 Å². The Kier molecular flexibility index (Phi) is 4.54. The van der Waals surface area contributed by atoms with Crippen LogP contribution in [0.1, 0.15) is 17.5 Å². The lowest BCUT2D eigenvalue weighted by molar-refractivity contribution is 0.269. The maximum atomic E-state index is 5.60. The minimum atomic E-state index is 0.634. The number of hydrogen-bond donors (Lipinski definition) is 1. The fourth-order valence-electron chi connectivity index (χ4n) is 2.30. The molecule has 0 aromatic heterocycles. The highest BCUT2D eigenvalue weighted by atomic mass is 15.2. The first kappa shape index (κ1) is 12.6. The predicted molar refractivity (Wildman–Crippen MR) is 71.7 cm³/mol. The van der Waals surface area contributed by atoms with Crippen LogP contribution in [0.5, 0.6) is 0 Å². The van der Waals surface area contributed by atoms with Gasteiger partial charge in [-0.15, -0.1) is 0 Å². The van der Waals surface area contributed by atoms with Crippen LogP contribution >= 0.6 is 0 Å². The zero-order valence-corrected chi connectivity index (χ0v) is 10.7. The summed E-state index contributed by atoms with van der Waals surface area (Å²) in [6, 6.07) is 8.69. The maximum Gasteiger partial charge on any atom is 0.0234 e. The van der Waals surface area contributed by atoms with Crippen LogP contribution in [0.3, 0.4) is 0 Å². The lowest BCUT2D eigenvalue weighted by atomic mass is 10.1. The molecule has 3 heteroatoms. The van der Waals surface area contributed by atoms with E-state index in [9.17, 15) is 0 Å². The normalized spacial score (nSPS) is 19.2. The monoisotopic (exact) mass is 233 g/mol. The highest BCUT2D eigenvalue weighted by molar-refractivity contribution is 5.22. The lowest BCUT2D eigenvalue weighted by Gasteiger charge is -2.20. The Morgan fingerprint density at radius 2 is 1.71 bits per heavy atom. The van der Waals surface area contributed by atoms with Gasteiger partial charge in [0.15, 0.2) is 0 Å². The highest BCUT2D eigenvalue weighted by Gasteiger charge is 2.11. The molecule has 0 saturated carbocycles. The molecule has 1 aromatic rings. The summed E-state index contributed by atoms with van der Waals surface area (Å²) in [7, 11) is 2.21. The number of nitrogens with two attached hydrogens (primary N) is 1. The zero-order valence-electron chi connectivity index (χ0n) is 10.7. The molecule has 3 nitrogen and oxygen atoms in total. The van der Waals surface area contributed by atoms with Gasteiger partial charge in [-0.3, -0.25) is 4.90 Å². The summed E-state index contributed by atoms with van der Waals surface area (Å²) in [4.78, 5) is 4.96. The van der Waals surface area contributed by atoms with Crippen LogP contribution in [0.4, 0.5) is 0 Å². The number of rotatable bonds is 3. The molecule has 2 rings (SSSR count). The molecular formula is C14H23N3. The van der Waals surface area contributed by atoms with Crippen LogP contribution in [0.25, 0.3) is 0 Å². The quantitative estimate of drug-likeness (QED) is 0.853. The van der Waals surface area contributed by atoms with Crippen LogP contribution in [0.15, 0.2) is 24.3 Å². The minimum absolute atomic E-state index is 0.634. The maximum absolute atomic E-state index is 5.60. The molecule has 0 bridgehead atoms. The molecule has 1 aromatic carbocycles. The highest BCUT2D eigenvalue weighted by Crippen LogP contribution is 2.09. The van der Waals surface area contributed by atoms with Crippen molar-refractivity contribution in [3.63, 3.8) is 0 Å². The Balaban J connectivity index is 1.90. The third-order valence-corrected chi connectivity index (χ3v) is 3.48. The fourth-order valence-corrected chi connectivity index (χ4v) is 2.30. The van der Waals surface area contributed by atoms with E-state index in [2.05, 4.69) is 41.1 Å². The molecule has 1 aliphatic heterocycles. The predicted octanol–water partition coefficient (Wildman–Crippen LogP) is 1.28. The summed E-state index contributed by atoms with van der Waals surface area (Å²) in [5.74, 6) is 0. The Bertz CT molecular complexity index is 334. The van der Waals surface area contributed by atoms with Gasteiger partial charge in [0.25, 0.3) is 0 Å². The molecule has 94 valence electrons. The molecule has 1 heterocycles. The van der Waals surface area contributed by atoms with Gasteiger partial charge in [0.2, 0.25) is 0 Å². The summed E-state index contributed by atoms with van der Waals surface area (Å²) in [6.45, 7) is 6.50. The zero-order chi connectivity index (χ0) is 12.1. The topological polar surface area (TPSA) is 32.5 Å². The number of nitrogens with zero attached hydrogens (tertiary/aromatic N) is 2. The van der Waals surface area contributed by atoms with Gasteiger partial charge in [0, 0.05) is 26.2 Å². The first-order valence-electron chi connectivity index (χ1n) is 6.47. The third-order valence-electron chi connectivity index (χ3n) is 3.48. The van der Waals surface area contributed by atoms with Gasteiger partial charge < -0.3 is 10.6 Å². The molecular weight excluding hydrogens is 210 g/mol. The van der Waals surface area contributed by atoms with Gasteiger partial charge in [-0.1, -0.05) is 24.3 Å². The Morgan fingerprint density at radius 1 is 1.00 bits per heavy atom. The average Bonchev–Trinajstić information content (AvgIpc) is 2.56. The van der Waals surface area contributed by atoms with Crippen LogP contribution in [-0.2, 0) is 13.1 Å². The van der Waals surface area contributed by atoms with Crippen LogP contribution in [0.2, 0.25) is 0 Å². The van der Waals surface area contributed by atoms with Crippen molar-refractivity contribution >= 4 is 0 Å². The van der Waals surface area contributed by atoms with E-state index < -0.39 is 0 Å². The number of benzene rings is 1. The number of likely N-dealkylation sites (N-methyl/N-ethyl adjacent to an activating group) is 1. The van der Waals surface area contributed by atoms with Gasteiger partial charge in [0.05, 0.1) is 0 Å². The largest absolute Gasteiger partial charge is 0.326 e. The lowest BCUT2D eigenvalue weighted by Crippen LogP contribution is -2.28. The second-order valence-corrected chi connectivity index (χ2v) is 4.95. The minimum Gasteiger partial charge on any atom is -0.326 e. The van der Waals surface area contributed by atoms with E-state index in [0.29, 0.717) is 6.54 Å². The third kappa shape index (κ3) is 3.80. The van der Waals surface area contributed by atoms with Crippen LogP contribution in [0, 0.1) is 0 Å². The van der Waals surface area contributed by atoms with Crippen molar-refractivity contribution in [3.05, 3.63) is 35.4 Å². The molecule has 0 radical (unpaired) electrons. The fraction of sp³-hybridized carbons (Fsp3) is 0.571. The van der Waals surface area contributed by atoms with E-state index in [4.69, 9.17) is 5.73 Å². The second-order valence-electron chi connectivity index (χ2n) is 4.95. The molecule has 1 saturated heterocycles.